The molecule has 3 rings (SSSR count). The van der Waals surface area contributed by atoms with Crippen molar-refractivity contribution in [3.63, 3.8) is 0 Å². The Morgan fingerprint density at radius 3 is 2.52 bits per heavy atom. The van der Waals surface area contributed by atoms with E-state index in [-0.39, 0.29) is 0 Å². The van der Waals surface area contributed by atoms with Crippen LogP contribution in [0.3, 0.4) is 0 Å². The van der Waals surface area contributed by atoms with Crippen molar-refractivity contribution in [2.45, 2.75) is 12.6 Å². The van der Waals surface area contributed by atoms with Crippen LogP contribution in [0, 0.1) is 0 Å². The molecule has 2 aliphatic heterocycles. The van der Waals surface area contributed by atoms with Crippen LogP contribution in [0.5, 0.6) is 5.75 Å². The second-order valence-corrected chi connectivity index (χ2v) is 8.29. The molecular formula is C19H31N3O2S. The second kappa shape index (κ2) is 9.78. The Hall–Kier alpha value is -0.790. The van der Waals surface area contributed by atoms with Gasteiger partial charge in [-0.2, -0.15) is 11.8 Å². The molecule has 0 saturated carbocycles. The van der Waals surface area contributed by atoms with Crippen molar-refractivity contribution in [3.8, 4) is 5.75 Å². The van der Waals surface area contributed by atoms with Crippen molar-refractivity contribution >= 4 is 11.8 Å². The minimum absolute atomic E-state index is 0.364. The van der Waals surface area contributed by atoms with E-state index >= 15 is 0 Å². The molecule has 2 aliphatic rings. The number of piperazine rings is 1. The van der Waals surface area contributed by atoms with Gasteiger partial charge in [0.15, 0.2) is 0 Å². The van der Waals surface area contributed by atoms with E-state index < -0.39 is 6.10 Å². The van der Waals surface area contributed by atoms with Crippen molar-refractivity contribution in [1.29, 1.82) is 0 Å². The topological polar surface area (TPSA) is 39.2 Å². The molecule has 6 heteroatoms. The summed E-state index contributed by atoms with van der Waals surface area (Å²) in [6, 6.07) is 8.24. The molecule has 2 heterocycles. The number of likely N-dealkylation sites (N-methyl/N-ethyl adjacent to an activating group) is 1. The van der Waals surface area contributed by atoms with Gasteiger partial charge >= 0.3 is 0 Å². The van der Waals surface area contributed by atoms with Gasteiger partial charge in [0.05, 0.1) is 0 Å². The van der Waals surface area contributed by atoms with Gasteiger partial charge in [-0.3, -0.25) is 9.80 Å². The highest BCUT2D eigenvalue weighted by molar-refractivity contribution is 7.99. The third kappa shape index (κ3) is 6.15. The van der Waals surface area contributed by atoms with Crippen molar-refractivity contribution in [2.24, 2.45) is 0 Å². The first-order chi connectivity index (χ1) is 12.2. The third-order valence-electron chi connectivity index (χ3n) is 4.97. The summed E-state index contributed by atoms with van der Waals surface area (Å²) in [5.41, 5.74) is 1.22. The smallest absolute Gasteiger partial charge is 0.123 e. The number of ether oxygens (including phenoxy) is 1. The molecule has 1 aromatic rings. The Morgan fingerprint density at radius 1 is 1.04 bits per heavy atom. The van der Waals surface area contributed by atoms with Crippen LogP contribution in [-0.2, 0) is 6.54 Å². The molecule has 140 valence electrons. The standard InChI is InChI=1S/C19H31N3O2S/c1-20-6-8-21(9-7-20)14-17-4-2-3-5-19(17)24-16-18(23)15-22-10-12-25-13-11-22/h2-5,18,23H,6-16H2,1H3. The molecule has 2 fully saturated rings. The van der Waals surface area contributed by atoms with Gasteiger partial charge in [-0.05, 0) is 13.1 Å². The highest BCUT2D eigenvalue weighted by Crippen LogP contribution is 2.21. The monoisotopic (exact) mass is 365 g/mol. The summed E-state index contributed by atoms with van der Waals surface area (Å²) in [4.78, 5) is 7.18. The van der Waals surface area contributed by atoms with E-state index in [1.165, 1.54) is 17.1 Å². The molecule has 1 atom stereocenters. The Kier molecular flexibility index (Phi) is 7.43. The number of aliphatic hydroxyl groups is 1. The van der Waals surface area contributed by atoms with Crippen molar-refractivity contribution in [1.82, 2.24) is 14.7 Å². The lowest BCUT2D eigenvalue weighted by atomic mass is 10.1. The molecule has 1 aromatic carbocycles. The zero-order valence-electron chi connectivity index (χ0n) is 15.3. The summed E-state index contributed by atoms with van der Waals surface area (Å²) in [5.74, 6) is 3.25. The number of hydrogen-bond acceptors (Lipinski definition) is 6. The zero-order chi connectivity index (χ0) is 17.5. The van der Waals surface area contributed by atoms with Gasteiger partial charge < -0.3 is 14.7 Å². The predicted octanol–water partition coefficient (Wildman–Crippen LogP) is 1.22. The van der Waals surface area contributed by atoms with Gasteiger partial charge in [0.2, 0.25) is 0 Å². The van der Waals surface area contributed by atoms with Crippen LogP contribution >= 0.6 is 11.8 Å². The lowest BCUT2D eigenvalue weighted by Gasteiger charge is -2.32. The summed E-state index contributed by atoms with van der Waals surface area (Å²) < 4.78 is 5.98. The SMILES string of the molecule is CN1CCN(Cc2ccccc2OCC(O)CN2CCSCC2)CC1. The Bertz CT molecular complexity index is 517. The minimum Gasteiger partial charge on any atom is -0.491 e. The highest BCUT2D eigenvalue weighted by Gasteiger charge is 2.18. The quantitative estimate of drug-likeness (QED) is 0.783. The van der Waals surface area contributed by atoms with Crippen molar-refractivity contribution in [2.75, 3.05) is 71.0 Å². The first kappa shape index (κ1) is 19.0. The van der Waals surface area contributed by atoms with E-state index in [1.807, 2.05) is 23.9 Å². The number of β-amino-alcohol motifs (C(OH)–C–C–N with tert-alkyl or cyclic N) is 1. The number of nitrogens with zero attached hydrogens (tertiary/aromatic N) is 3. The fourth-order valence-corrected chi connectivity index (χ4v) is 4.32. The van der Waals surface area contributed by atoms with Crippen LogP contribution in [-0.4, -0.2) is 96.9 Å². The Labute approximate surface area is 155 Å². The van der Waals surface area contributed by atoms with Crippen LogP contribution < -0.4 is 4.74 Å². The van der Waals surface area contributed by atoms with E-state index in [4.69, 9.17) is 4.74 Å². The van der Waals surface area contributed by atoms with Crippen LogP contribution in [0.1, 0.15) is 5.56 Å². The molecule has 0 radical (unpaired) electrons. The lowest BCUT2D eigenvalue weighted by Crippen LogP contribution is -2.44. The number of para-hydroxylation sites is 1. The van der Waals surface area contributed by atoms with E-state index in [0.717, 1.165) is 51.6 Å². The maximum Gasteiger partial charge on any atom is 0.123 e. The van der Waals surface area contributed by atoms with E-state index in [1.54, 1.807) is 0 Å². The summed E-state index contributed by atoms with van der Waals surface area (Å²) >= 11 is 1.99. The highest BCUT2D eigenvalue weighted by atomic mass is 32.2. The summed E-state index contributed by atoms with van der Waals surface area (Å²) in [6.07, 6.45) is -0.431. The van der Waals surface area contributed by atoms with Crippen LogP contribution in [0.2, 0.25) is 0 Å². The number of benzene rings is 1. The molecule has 0 bridgehead atoms. The predicted molar refractivity (Wildman–Crippen MR) is 104 cm³/mol. The maximum atomic E-state index is 10.3. The van der Waals surface area contributed by atoms with Crippen LogP contribution in [0.25, 0.3) is 0 Å². The van der Waals surface area contributed by atoms with Crippen molar-refractivity contribution in [3.05, 3.63) is 29.8 Å². The van der Waals surface area contributed by atoms with Crippen molar-refractivity contribution < 1.29 is 9.84 Å². The lowest BCUT2D eigenvalue weighted by molar-refractivity contribution is 0.0705. The summed E-state index contributed by atoms with van der Waals surface area (Å²) in [5, 5.41) is 10.3. The summed E-state index contributed by atoms with van der Waals surface area (Å²) in [6.45, 7) is 8.57. The average Bonchev–Trinajstić information content (AvgIpc) is 2.64. The fraction of sp³-hybridized carbons (Fsp3) is 0.684. The molecule has 0 spiro atoms. The minimum atomic E-state index is -0.431. The van der Waals surface area contributed by atoms with Gasteiger partial charge in [-0.15, -0.1) is 0 Å². The number of aliphatic hydroxyl groups excluding tert-OH is 1. The summed E-state index contributed by atoms with van der Waals surface area (Å²) in [7, 11) is 2.18. The van der Waals surface area contributed by atoms with Crippen LogP contribution in [0.4, 0.5) is 0 Å². The van der Waals surface area contributed by atoms with Crippen LogP contribution in [0.15, 0.2) is 24.3 Å². The van der Waals surface area contributed by atoms with Gasteiger partial charge in [-0.25, -0.2) is 0 Å². The van der Waals surface area contributed by atoms with Gasteiger partial charge in [0.25, 0.3) is 0 Å². The first-order valence-electron chi connectivity index (χ1n) is 9.30. The third-order valence-corrected chi connectivity index (χ3v) is 5.91. The molecule has 0 aliphatic carbocycles. The van der Waals surface area contributed by atoms with Gasteiger partial charge in [0.1, 0.15) is 18.5 Å². The number of hydrogen-bond donors (Lipinski definition) is 1. The van der Waals surface area contributed by atoms with E-state index in [2.05, 4.69) is 33.9 Å². The number of thioether (sulfide) groups is 1. The molecule has 1 unspecified atom stereocenters. The molecule has 0 amide bonds. The molecule has 2 saturated heterocycles. The fourth-order valence-electron chi connectivity index (χ4n) is 3.34. The average molecular weight is 366 g/mol. The Morgan fingerprint density at radius 2 is 1.76 bits per heavy atom. The second-order valence-electron chi connectivity index (χ2n) is 7.06. The molecular weight excluding hydrogens is 334 g/mol. The Balaban J connectivity index is 1.48. The number of rotatable bonds is 7. The largest absolute Gasteiger partial charge is 0.491 e. The van der Waals surface area contributed by atoms with E-state index in [0.29, 0.717) is 13.2 Å². The molecule has 1 N–H and O–H groups in total. The molecule has 25 heavy (non-hydrogen) atoms. The molecule has 0 aromatic heterocycles. The van der Waals surface area contributed by atoms with Gasteiger partial charge in [0, 0.05) is 69.4 Å². The van der Waals surface area contributed by atoms with E-state index in [9.17, 15) is 5.11 Å². The molecule has 5 nitrogen and oxygen atoms in total. The first-order valence-corrected chi connectivity index (χ1v) is 10.5. The van der Waals surface area contributed by atoms with Gasteiger partial charge in [-0.1, -0.05) is 18.2 Å². The zero-order valence-corrected chi connectivity index (χ0v) is 16.1. The normalized spacial score (nSPS) is 22.0. The maximum absolute atomic E-state index is 10.3.